The van der Waals surface area contributed by atoms with Gasteiger partial charge in [-0.1, -0.05) is 0 Å². The molecular weight excluding hydrogens is 236 g/mol. The molecule has 0 saturated heterocycles. The van der Waals surface area contributed by atoms with Crippen molar-refractivity contribution in [3.63, 3.8) is 0 Å². The Morgan fingerprint density at radius 2 is 1.71 bits per heavy atom. The molecule has 96 valence electrons. The van der Waals surface area contributed by atoms with Crippen LogP contribution in [0.2, 0.25) is 0 Å². The Hall–Kier alpha value is -1.46. The molecule has 1 aliphatic rings. The molecule has 1 heterocycles. The number of fused-ring (bicyclic) bond motifs is 1. The van der Waals surface area contributed by atoms with Crippen LogP contribution in [0.3, 0.4) is 0 Å². The minimum Gasteiger partial charge on any atom is -0.370 e. The lowest BCUT2D eigenvalue weighted by atomic mass is 10.2. The van der Waals surface area contributed by atoms with E-state index in [1.165, 1.54) is 6.07 Å². The van der Waals surface area contributed by atoms with Gasteiger partial charge in [0.1, 0.15) is 0 Å². The predicted molar refractivity (Wildman–Crippen MR) is 60.8 cm³/mol. The van der Waals surface area contributed by atoms with Crippen LogP contribution in [0.25, 0.3) is 0 Å². The van der Waals surface area contributed by atoms with Crippen molar-refractivity contribution in [1.82, 2.24) is 0 Å². The molecule has 1 aromatic rings. The fourth-order valence-electron chi connectivity index (χ4n) is 1.88. The second kappa shape index (κ2) is 4.43. The molecule has 0 amide bonds. The first-order chi connectivity index (χ1) is 7.49. The lowest BCUT2D eigenvalue weighted by molar-refractivity contribution is -0.136. The van der Waals surface area contributed by atoms with Gasteiger partial charge < -0.3 is 10.2 Å². The molecule has 2 nitrogen and oxygen atoms in total. The number of hydrogen-bond donors (Lipinski definition) is 1. The number of alkyl halides is 3. The summed E-state index contributed by atoms with van der Waals surface area (Å²) in [5.41, 5.74) is 1.14. The molecule has 1 aliphatic heterocycles. The number of hydrogen-bond acceptors (Lipinski definition) is 2. The summed E-state index contributed by atoms with van der Waals surface area (Å²) in [4.78, 5) is 2.03. The first-order valence-electron chi connectivity index (χ1n) is 5.25. The van der Waals surface area contributed by atoms with Crippen LogP contribution in [-0.4, -0.2) is 13.1 Å². The van der Waals surface area contributed by atoms with Crippen molar-refractivity contribution in [1.29, 1.82) is 0 Å². The number of nitrogens with zero attached hydrogens (tertiary/aromatic N) is 1. The molecule has 0 saturated carbocycles. The first-order valence-corrected chi connectivity index (χ1v) is 5.25. The van der Waals surface area contributed by atoms with Crippen molar-refractivity contribution in [2.75, 3.05) is 23.3 Å². The molecule has 0 radical (unpaired) electrons. The van der Waals surface area contributed by atoms with Gasteiger partial charge in [-0.3, -0.25) is 4.70 Å². The lowest BCUT2D eigenvalue weighted by Gasteiger charge is -2.20. The normalized spacial score (nSPS) is 12.3. The highest BCUT2D eigenvalue weighted by atomic mass is 19.4. The van der Waals surface area contributed by atoms with Gasteiger partial charge in [-0.2, -0.15) is 13.2 Å². The minimum absolute atomic E-state index is 0. The Morgan fingerprint density at radius 3 is 2.18 bits per heavy atom. The molecule has 2 rings (SSSR count). The number of rotatable bonds is 3. The van der Waals surface area contributed by atoms with Crippen LogP contribution >= 0.6 is 0 Å². The number of benzene rings is 1. The average molecular weight is 250 g/mol. The summed E-state index contributed by atoms with van der Waals surface area (Å²) >= 11 is 0. The Bertz CT molecular complexity index is 411. The molecule has 6 heteroatoms. The number of nitrogens with one attached hydrogen (secondary N) is 1. The molecule has 1 N–H and O–H groups in total. The van der Waals surface area contributed by atoms with Gasteiger partial charge in [-0.25, -0.2) is 0 Å². The van der Waals surface area contributed by atoms with Crippen molar-refractivity contribution in [3.8, 4) is 0 Å². The molecule has 0 aromatic heterocycles. The third-order valence-electron chi connectivity index (χ3n) is 2.78. The van der Waals surface area contributed by atoms with E-state index < -0.39 is 11.7 Å². The Labute approximate surface area is 96.8 Å². The lowest BCUT2D eigenvalue weighted by Crippen LogP contribution is -2.21. The maximum absolute atomic E-state index is 12.5. The molecule has 0 unspecified atom stereocenters. The third-order valence-corrected chi connectivity index (χ3v) is 2.78. The highest BCUT2D eigenvalue weighted by Crippen LogP contribution is 2.53. The fourth-order valence-corrected chi connectivity index (χ4v) is 1.88. The van der Waals surface area contributed by atoms with E-state index >= 15 is 0 Å². The van der Waals surface area contributed by atoms with Gasteiger partial charge in [0.05, 0.1) is 22.6 Å². The van der Waals surface area contributed by atoms with Crippen LogP contribution in [0.5, 0.6) is 0 Å². The van der Waals surface area contributed by atoms with E-state index in [4.69, 9.17) is 0 Å². The van der Waals surface area contributed by atoms with E-state index in [9.17, 15) is 13.2 Å². The largest absolute Gasteiger partial charge is 0.418 e. The zero-order valence-electron chi connectivity index (χ0n) is 9.56. The maximum Gasteiger partial charge on any atom is 0.418 e. The highest BCUT2D eigenvalue weighted by Gasteiger charge is 2.40. The first kappa shape index (κ1) is 13.6. The van der Waals surface area contributed by atoms with Gasteiger partial charge in [-0.05, 0) is 26.0 Å². The summed E-state index contributed by atoms with van der Waals surface area (Å²) in [7, 11) is 0. The Kier molecular flexibility index (Phi) is 3.54. The van der Waals surface area contributed by atoms with Crippen molar-refractivity contribution >= 4 is 17.1 Å². The summed E-state index contributed by atoms with van der Waals surface area (Å²) in [6, 6.07) is 2.68. The summed E-state index contributed by atoms with van der Waals surface area (Å²) in [6.07, 6.45) is -4.27. The second-order valence-electron chi connectivity index (χ2n) is 3.68. The van der Waals surface area contributed by atoms with Crippen molar-refractivity contribution in [2.24, 2.45) is 0 Å². The van der Waals surface area contributed by atoms with Crippen LogP contribution in [0.1, 0.15) is 19.4 Å². The standard InChI is InChI=1S/C11H13F3N2.FH/c1-3-16(4-2)8-6-5-7(11(12,13)14)9-10(8)15-9;/h5-6,15H,3-4H2,1-2H3;1H. The molecule has 0 aliphatic carbocycles. The van der Waals surface area contributed by atoms with Gasteiger partial charge >= 0.3 is 6.18 Å². The smallest absolute Gasteiger partial charge is 0.370 e. The molecule has 0 fully saturated rings. The number of halogens is 4. The van der Waals surface area contributed by atoms with Crippen molar-refractivity contribution in [2.45, 2.75) is 20.0 Å². The summed E-state index contributed by atoms with van der Waals surface area (Å²) in [6.45, 7) is 5.54. The van der Waals surface area contributed by atoms with Gasteiger partial charge in [0.15, 0.2) is 0 Å². The van der Waals surface area contributed by atoms with Crippen LogP contribution < -0.4 is 10.2 Å². The monoisotopic (exact) mass is 250 g/mol. The molecule has 0 spiro atoms. The van der Waals surface area contributed by atoms with Crippen LogP contribution in [0, 0.1) is 0 Å². The van der Waals surface area contributed by atoms with Crippen LogP contribution in [0.4, 0.5) is 34.9 Å². The second-order valence-corrected chi connectivity index (χ2v) is 3.68. The van der Waals surface area contributed by atoms with Gasteiger partial charge in [-0.15, -0.1) is 0 Å². The number of anilines is 3. The topological polar surface area (TPSA) is 25.2 Å². The average Bonchev–Trinajstić information content (AvgIpc) is 2.97. The van der Waals surface area contributed by atoms with E-state index in [0.29, 0.717) is 5.69 Å². The molecule has 0 atom stereocenters. The van der Waals surface area contributed by atoms with Gasteiger partial charge in [0.25, 0.3) is 0 Å². The van der Waals surface area contributed by atoms with E-state index in [1.807, 2.05) is 18.7 Å². The predicted octanol–water partition coefficient (Wildman–Crippen LogP) is 3.76. The van der Waals surface area contributed by atoms with Crippen LogP contribution in [-0.2, 0) is 6.18 Å². The molecule has 1 aromatic carbocycles. The SMILES string of the molecule is CCN(CC)c1ccc(C(F)(F)F)c2c1N2.F. The van der Waals surface area contributed by atoms with E-state index in [2.05, 4.69) is 5.32 Å². The third kappa shape index (κ3) is 2.30. The van der Waals surface area contributed by atoms with E-state index in [0.717, 1.165) is 24.8 Å². The molecule has 17 heavy (non-hydrogen) atoms. The van der Waals surface area contributed by atoms with E-state index in [-0.39, 0.29) is 10.4 Å². The van der Waals surface area contributed by atoms with E-state index in [1.54, 1.807) is 0 Å². The Balaban J connectivity index is 0.00000144. The zero-order chi connectivity index (χ0) is 11.9. The summed E-state index contributed by atoms with van der Waals surface area (Å²) in [5, 5.41) is 2.72. The van der Waals surface area contributed by atoms with Crippen molar-refractivity contribution in [3.05, 3.63) is 17.7 Å². The maximum atomic E-state index is 12.5. The minimum atomic E-state index is -4.27. The van der Waals surface area contributed by atoms with Crippen LogP contribution in [0.15, 0.2) is 12.1 Å². The fraction of sp³-hybridized carbons (Fsp3) is 0.455. The molecular formula is C11H14F4N2. The molecule has 0 bridgehead atoms. The summed E-state index contributed by atoms with van der Waals surface area (Å²) < 4.78 is 37.6. The van der Waals surface area contributed by atoms with Gasteiger partial charge in [0.2, 0.25) is 0 Å². The zero-order valence-corrected chi connectivity index (χ0v) is 9.56. The van der Waals surface area contributed by atoms with Gasteiger partial charge in [0, 0.05) is 13.1 Å². The highest BCUT2D eigenvalue weighted by molar-refractivity contribution is 6.02. The summed E-state index contributed by atoms with van der Waals surface area (Å²) in [5.74, 6) is 0. The quantitative estimate of drug-likeness (QED) is 0.662. The van der Waals surface area contributed by atoms with Crippen molar-refractivity contribution < 1.29 is 17.9 Å². The Morgan fingerprint density at radius 1 is 1.12 bits per heavy atom.